The third-order valence-electron chi connectivity index (χ3n) is 4.81. The molecule has 3 heterocycles. The fraction of sp³-hybridized carbons (Fsp3) is 0.412. The van der Waals surface area contributed by atoms with Crippen molar-refractivity contribution in [1.29, 1.82) is 0 Å². The van der Waals surface area contributed by atoms with E-state index in [0.29, 0.717) is 11.6 Å². The number of fused-ring (bicyclic) bond motifs is 3. The zero-order chi connectivity index (χ0) is 15.1. The molecule has 0 spiro atoms. The third-order valence-corrected chi connectivity index (χ3v) is 4.81. The van der Waals surface area contributed by atoms with E-state index in [0.717, 1.165) is 35.4 Å². The van der Waals surface area contributed by atoms with Crippen LogP contribution in [0.3, 0.4) is 0 Å². The number of amides is 1. The Hall–Kier alpha value is -2.30. The molecule has 22 heavy (non-hydrogen) atoms. The summed E-state index contributed by atoms with van der Waals surface area (Å²) < 4.78 is 6.26. The second-order valence-corrected chi connectivity index (χ2v) is 6.19. The molecule has 1 aliphatic heterocycles. The molecule has 114 valence electrons. The Labute approximate surface area is 128 Å². The summed E-state index contributed by atoms with van der Waals surface area (Å²) in [7, 11) is 0. The van der Waals surface area contributed by atoms with Gasteiger partial charge in [0.1, 0.15) is 17.5 Å². The first-order valence-corrected chi connectivity index (χ1v) is 7.88. The normalized spacial score (nSPS) is 20.8. The van der Waals surface area contributed by atoms with E-state index >= 15 is 0 Å². The molecular formula is C17H19N3O2. The van der Waals surface area contributed by atoms with Gasteiger partial charge >= 0.3 is 0 Å². The highest BCUT2D eigenvalue weighted by Crippen LogP contribution is 2.47. The third kappa shape index (κ3) is 2.08. The zero-order valence-electron chi connectivity index (χ0n) is 12.3. The zero-order valence-corrected chi connectivity index (χ0v) is 12.3. The van der Waals surface area contributed by atoms with Gasteiger partial charge in [-0.3, -0.25) is 9.78 Å². The van der Waals surface area contributed by atoms with E-state index in [4.69, 9.17) is 10.5 Å². The molecule has 1 aliphatic carbocycles. The Morgan fingerprint density at radius 2 is 2.14 bits per heavy atom. The van der Waals surface area contributed by atoms with Gasteiger partial charge in [-0.15, -0.1) is 0 Å². The largest absolute Gasteiger partial charge is 0.483 e. The second-order valence-electron chi connectivity index (χ2n) is 6.19. The Balaban J connectivity index is 1.82. The van der Waals surface area contributed by atoms with E-state index in [1.54, 1.807) is 12.4 Å². The molecular weight excluding hydrogens is 278 g/mol. The van der Waals surface area contributed by atoms with Gasteiger partial charge in [0.25, 0.3) is 5.91 Å². The minimum Gasteiger partial charge on any atom is -0.483 e. The molecule has 1 atom stereocenters. The number of hydrogen-bond donors (Lipinski definition) is 2. The molecule has 5 heteroatoms. The summed E-state index contributed by atoms with van der Waals surface area (Å²) >= 11 is 0. The summed E-state index contributed by atoms with van der Waals surface area (Å²) in [6.07, 6.45) is 9.58. The van der Waals surface area contributed by atoms with E-state index in [2.05, 4.69) is 9.97 Å². The number of ether oxygens (including phenoxy) is 1. The molecule has 1 fully saturated rings. The quantitative estimate of drug-likeness (QED) is 0.893. The summed E-state index contributed by atoms with van der Waals surface area (Å²) in [4.78, 5) is 18.9. The standard InChI is InChI=1S/C17H19N3O2/c18-17(21)13-8-12-15(20-13)11-6-7-19-9-14(11)22-16(12)10-4-2-1-3-5-10/h6-10,16,20H,1-5H2,(H2,18,21)/t16-/m1/s1. The first-order chi connectivity index (χ1) is 10.7. The number of pyridine rings is 1. The van der Waals surface area contributed by atoms with Crippen LogP contribution in [0, 0.1) is 5.92 Å². The highest BCUT2D eigenvalue weighted by Gasteiger charge is 2.35. The van der Waals surface area contributed by atoms with Gasteiger partial charge in [0.15, 0.2) is 0 Å². The summed E-state index contributed by atoms with van der Waals surface area (Å²) in [5.41, 5.74) is 8.85. The Morgan fingerprint density at radius 1 is 1.32 bits per heavy atom. The van der Waals surface area contributed by atoms with Crippen molar-refractivity contribution in [3.63, 3.8) is 0 Å². The van der Waals surface area contributed by atoms with Crippen molar-refractivity contribution < 1.29 is 9.53 Å². The number of hydrogen-bond acceptors (Lipinski definition) is 3. The van der Waals surface area contributed by atoms with Crippen LogP contribution in [0.2, 0.25) is 0 Å². The van der Waals surface area contributed by atoms with Crippen LogP contribution in [-0.2, 0) is 0 Å². The number of H-pyrrole nitrogens is 1. The number of nitrogens with two attached hydrogens (primary N) is 1. The van der Waals surface area contributed by atoms with Crippen molar-refractivity contribution in [3.05, 3.63) is 35.8 Å². The lowest BCUT2D eigenvalue weighted by molar-refractivity contribution is 0.0995. The van der Waals surface area contributed by atoms with E-state index < -0.39 is 5.91 Å². The number of carbonyl (C=O) groups excluding carboxylic acids is 1. The van der Waals surface area contributed by atoms with Crippen molar-refractivity contribution in [1.82, 2.24) is 9.97 Å². The highest BCUT2D eigenvalue weighted by atomic mass is 16.5. The van der Waals surface area contributed by atoms with E-state index in [-0.39, 0.29) is 6.10 Å². The summed E-state index contributed by atoms with van der Waals surface area (Å²) in [6.45, 7) is 0. The lowest BCUT2D eigenvalue weighted by Crippen LogP contribution is -2.24. The fourth-order valence-corrected chi connectivity index (χ4v) is 3.72. The first kappa shape index (κ1) is 13.4. The van der Waals surface area contributed by atoms with Gasteiger partial charge in [-0.25, -0.2) is 0 Å². The number of nitrogens with one attached hydrogen (secondary N) is 1. The van der Waals surface area contributed by atoms with Gasteiger partial charge in [0.2, 0.25) is 0 Å². The van der Waals surface area contributed by atoms with Crippen LogP contribution >= 0.6 is 0 Å². The van der Waals surface area contributed by atoms with Gasteiger partial charge < -0.3 is 15.5 Å². The lowest BCUT2D eigenvalue weighted by Gasteiger charge is -2.34. The van der Waals surface area contributed by atoms with Crippen molar-refractivity contribution in [3.8, 4) is 17.0 Å². The highest BCUT2D eigenvalue weighted by molar-refractivity contribution is 5.93. The minimum absolute atomic E-state index is 0.0173. The molecule has 0 radical (unpaired) electrons. The SMILES string of the molecule is NC(=O)c1cc2c([nH]1)-c1ccncc1O[C@@H]2C1CCCCC1. The Bertz CT molecular complexity index is 716. The van der Waals surface area contributed by atoms with Crippen LogP contribution in [0.5, 0.6) is 5.75 Å². The van der Waals surface area contributed by atoms with E-state index in [1.165, 1.54) is 19.3 Å². The number of carbonyl (C=O) groups is 1. The van der Waals surface area contributed by atoms with Gasteiger partial charge in [0, 0.05) is 23.2 Å². The molecule has 0 unspecified atom stereocenters. The molecule has 1 saturated carbocycles. The number of rotatable bonds is 2. The monoisotopic (exact) mass is 297 g/mol. The predicted octanol–water partition coefficient (Wildman–Crippen LogP) is 3.19. The first-order valence-electron chi connectivity index (χ1n) is 7.88. The summed E-state index contributed by atoms with van der Waals surface area (Å²) in [5.74, 6) is 0.827. The van der Waals surface area contributed by atoms with Crippen molar-refractivity contribution in [2.75, 3.05) is 0 Å². The van der Waals surface area contributed by atoms with Gasteiger partial charge in [-0.1, -0.05) is 19.3 Å². The molecule has 2 aromatic rings. The van der Waals surface area contributed by atoms with Crippen LogP contribution in [0.1, 0.15) is 54.3 Å². The van der Waals surface area contributed by atoms with Crippen LogP contribution in [0.25, 0.3) is 11.3 Å². The topological polar surface area (TPSA) is 81.0 Å². The maximum atomic E-state index is 11.6. The average Bonchev–Trinajstić information content (AvgIpc) is 3.01. The van der Waals surface area contributed by atoms with Crippen molar-refractivity contribution in [2.45, 2.75) is 38.2 Å². The number of primary amides is 1. The number of aromatic nitrogens is 2. The molecule has 2 aromatic heterocycles. The minimum atomic E-state index is -0.438. The molecule has 4 rings (SSSR count). The summed E-state index contributed by atoms with van der Waals surface area (Å²) in [5, 5.41) is 0. The fourth-order valence-electron chi connectivity index (χ4n) is 3.72. The van der Waals surface area contributed by atoms with Gasteiger partial charge in [-0.05, 0) is 25.0 Å². The molecule has 0 bridgehead atoms. The van der Waals surface area contributed by atoms with Gasteiger partial charge in [0.05, 0.1) is 11.9 Å². The number of aromatic amines is 1. The van der Waals surface area contributed by atoms with Crippen LogP contribution < -0.4 is 10.5 Å². The van der Waals surface area contributed by atoms with Crippen LogP contribution in [0.4, 0.5) is 0 Å². The maximum Gasteiger partial charge on any atom is 0.265 e. The predicted molar refractivity (Wildman–Crippen MR) is 82.5 cm³/mol. The number of nitrogens with zero attached hydrogens (tertiary/aromatic N) is 1. The van der Waals surface area contributed by atoms with E-state index in [9.17, 15) is 4.79 Å². The maximum absolute atomic E-state index is 11.6. The van der Waals surface area contributed by atoms with E-state index in [1.807, 2.05) is 12.1 Å². The lowest BCUT2D eigenvalue weighted by atomic mass is 9.81. The average molecular weight is 297 g/mol. The smallest absolute Gasteiger partial charge is 0.265 e. The molecule has 1 amide bonds. The molecule has 3 N–H and O–H groups in total. The van der Waals surface area contributed by atoms with Gasteiger partial charge in [-0.2, -0.15) is 0 Å². The Kier molecular flexibility index (Phi) is 3.13. The second kappa shape index (κ2) is 5.16. The summed E-state index contributed by atoms with van der Waals surface area (Å²) in [6, 6.07) is 3.77. The molecule has 5 nitrogen and oxygen atoms in total. The van der Waals surface area contributed by atoms with Crippen molar-refractivity contribution >= 4 is 5.91 Å². The molecule has 0 saturated heterocycles. The van der Waals surface area contributed by atoms with Crippen LogP contribution in [0.15, 0.2) is 24.5 Å². The Morgan fingerprint density at radius 3 is 2.91 bits per heavy atom. The molecule has 2 aliphatic rings. The van der Waals surface area contributed by atoms with Crippen molar-refractivity contribution in [2.24, 2.45) is 11.7 Å². The van der Waals surface area contributed by atoms with Crippen LogP contribution in [-0.4, -0.2) is 15.9 Å². The molecule has 0 aromatic carbocycles.